The van der Waals surface area contributed by atoms with E-state index in [1.165, 1.54) is 24.0 Å². The van der Waals surface area contributed by atoms with Crippen LogP contribution >= 0.6 is 0 Å². The first-order valence-electron chi connectivity index (χ1n) is 6.92. The van der Waals surface area contributed by atoms with Gasteiger partial charge in [-0.25, -0.2) is 0 Å². The van der Waals surface area contributed by atoms with Crippen LogP contribution in [-0.2, 0) is 17.6 Å². The lowest BCUT2D eigenvalue weighted by Gasteiger charge is -2.17. The smallest absolute Gasteiger partial charge is 0.224 e. The molecule has 0 fully saturated rings. The minimum Gasteiger partial charge on any atom is -0.326 e. The van der Waals surface area contributed by atoms with E-state index in [1.54, 1.807) is 0 Å². The van der Waals surface area contributed by atoms with Crippen molar-refractivity contribution in [2.24, 2.45) is 0 Å². The van der Waals surface area contributed by atoms with Crippen LogP contribution in [0.15, 0.2) is 18.2 Å². The van der Waals surface area contributed by atoms with Gasteiger partial charge in [-0.2, -0.15) is 0 Å². The van der Waals surface area contributed by atoms with E-state index in [0.717, 1.165) is 31.6 Å². The molecule has 1 aromatic rings. The maximum Gasteiger partial charge on any atom is 0.224 e. The molecule has 1 aliphatic rings. The molecule has 0 aliphatic carbocycles. The van der Waals surface area contributed by atoms with Crippen LogP contribution in [0.4, 0.5) is 5.69 Å². The number of hydrogen-bond acceptors (Lipinski definition) is 2. The fourth-order valence-corrected chi connectivity index (χ4v) is 2.35. The number of fused-ring (bicyclic) bond motifs is 1. The molecular weight excluding hydrogens is 224 g/mol. The Bertz CT molecular complexity index is 415. The molecule has 3 nitrogen and oxygen atoms in total. The molecule has 1 heterocycles. The Morgan fingerprint density at radius 2 is 2.17 bits per heavy atom. The molecule has 0 spiro atoms. The highest BCUT2D eigenvalue weighted by molar-refractivity contribution is 5.93. The largest absolute Gasteiger partial charge is 0.326 e. The Kier molecular flexibility index (Phi) is 4.76. The Morgan fingerprint density at radius 1 is 1.28 bits per heavy atom. The predicted octanol–water partition coefficient (Wildman–Crippen LogP) is 2.50. The maximum absolute atomic E-state index is 11.3. The number of rotatable bonds is 6. The zero-order chi connectivity index (χ0) is 12.8. The van der Waals surface area contributed by atoms with Gasteiger partial charge in [0.2, 0.25) is 5.91 Å². The lowest BCUT2D eigenvalue weighted by molar-refractivity contribution is -0.116. The minimum atomic E-state index is 0.140. The Morgan fingerprint density at radius 3 is 3.00 bits per heavy atom. The molecule has 1 amide bonds. The summed E-state index contributed by atoms with van der Waals surface area (Å²) >= 11 is 0. The highest BCUT2D eigenvalue weighted by Crippen LogP contribution is 2.24. The van der Waals surface area contributed by atoms with Gasteiger partial charge in [0, 0.05) is 12.1 Å². The Labute approximate surface area is 109 Å². The van der Waals surface area contributed by atoms with Crippen molar-refractivity contribution in [3.8, 4) is 0 Å². The maximum atomic E-state index is 11.3. The van der Waals surface area contributed by atoms with Crippen LogP contribution in [0.5, 0.6) is 0 Å². The Balaban J connectivity index is 1.85. The van der Waals surface area contributed by atoms with E-state index in [2.05, 4.69) is 29.7 Å². The number of benzene rings is 1. The lowest BCUT2D eigenvalue weighted by Crippen LogP contribution is -2.19. The second-order valence-electron chi connectivity index (χ2n) is 4.85. The molecule has 1 aromatic carbocycles. The molecule has 0 unspecified atom stereocenters. The highest BCUT2D eigenvalue weighted by Gasteiger charge is 2.14. The number of carbonyl (C=O) groups is 1. The van der Waals surface area contributed by atoms with Gasteiger partial charge in [0.25, 0.3) is 0 Å². The van der Waals surface area contributed by atoms with Crippen molar-refractivity contribution in [1.29, 1.82) is 0 Å². The van der Waals surface area contributed by atoms with Crippen molar-refractivity contribution in [2.75, 3.05) is 18.4 Å². The highest BCUT2D eigenvalue weighted by atomic mass is 16.1. The molecule has 0 radical (unpaired) electrons. The van der Waals surface area contributed by atoms with Gasteiger partial charge >= 0.3 is 0 Å². The monoisotopic (exact) mass is 246 g/mol. The number of aryl methyl sites for hydroxylation is 2. The zero-order valence-electron chi connectivity index (χ0n) is 11.1. The summed E-state index contributed by atoms with van der Waals surface area (Å²) < 4.78 is 0. The molecule has 0 saturated carbocycles. The first-order chi connectivity index (χ1) is 8.79. The molecule has 1 aliphatic heterocycles. The van der Waals surface area contributed by atoms with E-state index < -0.39 is 0 Å². The van der Waals surface area contributed by atoms with E-state index in [9.17, 15) is 4.79 Å². The van der Waals surface area contributed by atoms with Crippen LogP contribution in [0.25, 0.3) is 0 Å². The van der Waals surface area contributed by atoms with Crippen LogP contribution in [0.2, 0.25) is 0 Å². The summed E-state index contributed by atoms with van der Waals surface area (Å²) in [5.41, 5.74) is 3.68. The summed E-state index contributed by atoms with van der Waals surface area (Å²) in [5, 5.41) is 6.26. The molecular formula is C15H22N2O. The summed E-state index contributed by atoms with van der Waals surface area (Å²) in [5.74, 6) is 0.140. The van der Waals surface area contributed by atoms with Gasteiger partial charge in [-0.3, -0.25) is 4.79 Å². The van der Waals surface area contributed by atoms with Gasteiger partial charge < -0.3 is 10.6 Å². The number of anilines is 1. The quantitative estimate of drug-likeness (QED) is 0.757. The van der Waals surface area contributed by atoms with Crippen molar-refractivity contribution < 1.29 is 4.79 Å². The average Bonchev–Trinajstić information content (AvgIpc) is 2.38. The number of carbonyl (C=O) groups excluding carboxylic acids is 1. The third-order valence-corrected chi connectivity index (χ3v) is 3.38. The summed E-state index contributed by atoms with van der Waals surface area (Å²) in [6.07, 6.45) is 5.08. The molecule has 3 heteroatoms. The van der Waals surface area contributed by atoms with Gasteiger partial charge in [-0.15, -0.1) is 0 Å². The normalized spacial score (nSPS) is 14.2. The first kappa shape index (κ1) is 13.1. The summed E-state index contributed by atoms with van der Waals surface area (Å²) in [6, 6.07) is 6.44. The molecule has 2 N–H and O–H groups in total. The minimum absolute atomic E-state index is 0.140. The Hall–Kier alpha value is -1.35. The van der Waals surface area contributed by atoms with Crippen LogP contribution in [0, 0.1) is 0 Å². The van der Waals surface area contributed by atoms with E-state index in [4.69, 9.17) is 0 Å². The molecule has 98 valence electrons. The van der Waals surface area contributed by atoms with Crippen LogP contribution in [-0.4, -0.2) is 19.0 Å². The van der Waals surface area contributed by atoms with Crippen molar-refractivity contribution >= 4 is 11.6 Å². The third-order valence-electron chi connectivity index (χ3n) is 3.38. The second kappa shape index (κ2) is 6.55. The van der Waals surface area contributed by atoms with E-state index >= 15 is 0 Å². The van der Waals surface area contributed by atoms with E-state index in [0.29, 0.717) is 6.42 Å². The third kappa shape index (κ3) is 3.57. The topological polar surface area (TPSA) is 41.1 Å². The van der Waals surface area contributed by atoms with E-state index in [1.807, 2.05) is 6.07 Å². The zero-order valence-corrected chi connectivity index (χ0v) is 11.1. The number of amides is 1. The number of hydrogen-bond donors (Lipinski definition) is 2. The second-order valence-corrected chi connectivity index (χ2v) is 4.85. The standard InChI is InChI=1S/C15H22N2O/c1-2-16-10-4-3-5-12-6-8-14-13(11-12)7-9-15(18)17-14/h6,8,11,16H,2-5,7,9-10H2,1H3,(H,17,18). The summed E-state index contributed by atoms with van der Waals surface area (Å²) in [7, 11) is 0. The van der Waals surface area contributed by atoms with Gasteiger partial charge in [-0.1, -0.05) is 19.1 Å². The van der Waals surface area contributed by atoms with Gasteiger partial charge in [0.15, 0.2) is 0 Å². The molecule has 0 aromatic heterocycles. The van der Waals surface area contributed by atoms with Crippen LogP contribution in [0.3, 0.4) is 0 Å². The fraction of sp³-hybridized carbons (Fsp3) is 0.533. The summed E-state index contributed by atoms with van der Waals surface area (Å²) in [4.78, 5) is 11.3. The number of nitrogens with one attached hydrogen (secondary N) is 2. The van der Waals surface area contributed by atoms with Crippen LogP contribution in [0.1, 0.15) is 37.3 Å². The van der Waals surface area contributed by atoms with Crippen molar-refractivity contribution in [3.05, 3.63) is 29.3 Å². The van der Waals surface area contributed by atoms with E-state index in [-0.39, 0.29) is 5.91 Å². The first-order valence-corrected chi connectivity index (χ1v) is 6.92. The van der Waals surface area contributed by atoms with Gasteiger partial charge in [0.1, 0.15) is 0 Å². The SMILES string of the molecule is CCNCCCCc1ccc2c(c1)CCC(=O)N2. The fourth-order valence-electron chi connectivity index (χ4n) is 2.35. The van der Waals surface area contributed by atoms with Crippen molar-refractivity contribution in [3.63, 3.8) is 0 Å². The molecule has 18 heavy (non-hydrogen) atoms. The molecule has 2 rings (SSSR count). The molecule has 0 atom stereocenters. The molecule has 0 saturated heterocycles. The molecule has 0 bridgehead atoms. The summed E-state index contributed by atoms with van der Waals surface area (Å²) in [6.45, 7) is 4.30. The van der Waals surface area contributed by atoms with Gasteiger partial charge in [0.05, 0.1) is 0 Å². The average molecular weight is 246 g/mol. The van der Waals surface area contributed by atoms with Gasteiger partial charge in [-0.05, 0) is 56.0 Å². The predicted molar refractivity (Wildman–Crippen MR) is 74.9 cm³/mol. The number of unbranched alkanes of at least 4 members (excludes halogenated alkanes) is 1. The lowest BCUT2D eigenvalue weighted by atomic mass is 9.98. The van der Waals surface area contributed by atoms with Crippen LogP contribution < -0.4 is 10.6 Å². The van der Waals surface area contributed by atoms with Crippen molar-refractivity contribution in [1.82, 2.24) is 5.32 Å². The van der Waals surface area contributed by atoms with Crippen molar-refractivity contribution in [2.45, 2.75) is 39.0 Å².